The molecule has 0 radical (unpaired) electrons. The highest BCUT2D eigenvalue weighted by Gasteiger charge is 2.05. The summed E-state index contributed by atoms with van der Waals surface area (Å²) in [6.07, 6.45) is 1.47. The van der Waals surface area contributed by atoms with Gasteiger partial charge in [-0.2, -0.15) is 0 Å². The van der Waals surface area contributed by atoms with Gasteiger partial charge in [-0.1, -0.05) is 0 Å². The number of nitrogens with zero attached hydrogens (tertiary/aromatic N) is 3. The Hall–Kier alpha value is -1.69. The van der Waals surface area contributed by atoms with Crippen molar-refractivity contribution in [3.05, 3.63) is 49.2 Å². The van der Waals surface area contributed by atoms with Crippen molar-refractivity contribution in [3.63, 3.8) is 0 Å². The Morgan fingerprint density at radius 3 is 2.81 bits per heavy atom. The van der Waals surface area contributed by atoms with E-state index in [0.29, 0.717) is 0 Å². The van der Waals surface area contributed by atoms with E-state index in [2.05, 4.69) is 4.98 Å². The van der Waals surface area contributed by atoms with E-state index in [1.165, 1.54) is 32.7 Å². The van der Waals surface area contributed by atoms with Gasteiger partial charge in [0.1, 0.15) is 0 Å². The smallest absolute Gasteiger partial charge is 0.303 e. The third kappa shape index (κ3) is 1.96. The summed E-state index contributed by atoms with van der Waals surface area (Å²) in [5.74, 6) is 0. The van der Waals surface area contributed by atoms with Gasteiger partial charge in [0.2, 0.25) is 0 Å². The van der Waals surface area contributed by atoms with E-state index in [4.69, 9.17) is 0 Å². The molecule has 5 nitrogen and oxygen atoms in total. The van der Waals surface area contributed by atoms with Gasteiger partial charge in [0, 0.05) is 24.7 Å². The Morgan fingerprint density at radius 1 is 1.44 bits per heavy atom. The maximum absolute atomic E-state index is 11.7. The highest BCUT2D eigenvalue weighted by molar-refractivity contribution is 7.09. The number of hydrogen-bond acceptors (Lipinski definition) is 4. The Labute approximate surface area is 95.6 Å². The predicted molar refractivity (Wildman–Crippen MR) is 61.9 cm³/mol. The van der Waals surface area contributed by atoms with Crippen molar-refractivity contribution in [1.29, 1.82) is 0 Å². The third-order valence-corrected chi connectivity index (χ3v) is 3.05. The highest BCUT2D eigenvalue weighted by Crippen LogP contribution is 2.07. The Morgan fingerprint density at radius 2 is 2.19 bits per heavy atom. The number of thiazole rings is 1. The van der Waals surface area contributed by atoms with Crippen LogP contribution in [0.5, 0.6) is 0 Å². The lowest BCUT2D eigenvalue weighted by atomic mass is 10.4. The summed E-state index contributed by atoms with van der Waals surface area (Å²) in [6.45, 7) is 2.12. The van der Waals surface area contributed by atoms with Crippen molar-refractivity contribution >= 4 is 11.3 Å². The summed E-state index contributed by atoms with van der Waals surface area (Å²) in [6, 6.07) is 1.38. The minimum atomic E-state index is -0.321. The van der Waals surface area contributed by atoms with Crippen LogP contribution in [0.4, 0.5) is 0 Å². The van der Waals surface area contributed by atoms with E-state index in [0.717, 1.165) is 10.7 Å². The monoisotopic (exact) mass is 237 g/mol. The molecule has 0 saturated carbocycles. The van der Waals surface area contributed by atoms with Gasteiger partial charge in [0.25, 0.3) is 5.56 Å². The second kappa shape index (κ2) is 4.05. The second-order valence-corrected chi connectivity index (χ2v) is 4.55. The van der Waals surface area contributed by atoms with Crippen molar-refractivity contribution in [2.45, 2.75) is 13.5 Å². The standard InChI is InChI=1S/C10H11N3O2S/c1-7-11-8(6-16-7)5-13-9(14)3-4-12(2)10(13)15/h3-4,6H,5H2,1-2H3. The highest BCUT2D eigenvalue weighted by atomic mass is 32.1. The van der Waals surface area contributed by atoms with Gasteiger partial charge in [0.05, 0.1) is 17.2 Å². The van der Waals surface area contributed by atoms with Crippen molar-refractivity contribution < 1.29 is 0 Å². The van der Waals surface area contributed by atoms with Crippen LogP contribution in [0.25, 0.3) is 0 Å². The zero-order valence-corrected chi connectivity index (χ0v) is 9.82. The average molecular weight is 237 g/mol. The molecule has 0 aromatic carbocycles. The molecule has 0 aliphatic carbocycles. The molecule has 0 spiro atoms. The lowest BCUT2D eigenvalue weighted by Gasteiger charge is -2.03. The number of aromatic nitrogens is 3. The SMILES string of the molecule is Cc1nc(Cn2c(=O)ccn(C)c2=O)cs1. The molecule has 0 amide bonds. The summed E-state index contributed by atoms with van der Waals surface area (Å²) in [7, 11) is 1.62. The first-order chi connectivity index (χ1) is 7.58. The normalized spacial score (nSPS) is 10.6. The van der Waals surface area contributed by atoms with Gasteiger partial charge in [-0.3, -0.25) is 9.36 Å². The van der Waals surface area contributed by atoms with Gasteiger partial charge >= 0.3 is 5.69 Å². The largest absolute Gasteiger partial charge is 0.331 e. The molecule has 0 saturated heterocycles. The maximum atomic E-state index is 11.7. The van der Waals surface area contributed by atoms with Gasteiger partial charge in [-0.05, 0) is 6.92 Å². The maximum Gasteiger partial charge on any atom is 0.331 e. The predicted octanol–water partition coefficient (Wildman–Crippen LogP) is 0.360. The van der Waals surface area contributed by atoms with Crippen LogP contribution >= 0.6 is 11.3 Å². The summed E-state index contributed by atoms with van der Waals surface area (Å²) in [4.78, 5) is 27.5. The van der Waals surface area contributed by atoms with E-state index in [1.54, 1.807) is 7.05 Å². The quantitative estimate of drug-likeness (QED) is 0.757. The fraction of sp³-hybridized carbons (Fsp3) is 0.300. The first-order valence-electron chi connectivity index (χ1n) is 4.75. The first-order valence-corrected chi connectivity index (χ1v) is 5.63. The first kappa shape index (κ1) is 10.8. The van der Waals surface area contributed by atoms with Crippen LogP contribution in [0.3, 0.4) is 0 Å². The lowest BCUT2D eigenvalue weighted by molar-refractivity contribution is 0.632. The zero-order valence-electron chi connectivity index (χ0n) is 9.01. The minimum Gasteiger partial charge on any atom is -0.303 e. The molecule has 0 aliphatic rings. The van der Waals surface area contributed by atoms with Crippen LogP contribution in [-0.2, 0) is 13.6 Å². The molecule has 0 unspecified atom stereocenters. The van der Waals surface area contributed by atoms with Crippen LogP contribution in [0, 0.1) is 6.92 Å². The molecule has 2 aromatic heterocycles. The van der Waals surface area contributed by atoms with E-state index >= 15 is 0 Å². The molecule has 2 aromatic rings. The number of aryl methyl sites for hydroxylation is 2. The van der Waals surface area contributed by atoms with Crippen molar-refractivity contribution in [1.82, 2.24) is 14.1 Å². The molecule has 16 heavy (non-hydrogen) atoms. The fourth-order valence-corrected chi connectivity index (χ4v) is 2.01. The molecule has 0 N–H and O–H groups in total. The molecule has 0 fully saturated rings. The van der Waals surface area contributed by atoms with Crippen LogP contribution in [0.1, 0.15) is 10.7 Å². The molecule has 2 rings (SSSR count). The van der Waals surface area contributed by atoms with Gasteiger partial charge in [-0.15, -0.1) is 11.3 Å². The average Bonchev–Trinajstić information content (AvgIpc) is 2.65. The van der Waals surface area contributed by atoms with E-state index in [9.17, 15) is 9.59 Å². The Balaban J connectivity index is 2.46. The van der Waals surface area contributed by atoms with Crippen LogP contribution < -0.4 is 11.2 Å². The molecule has 0 atom stereocenters. The Bertz CT molecular complexity index is 623. The van der Waals surface area contributed by atoms with Crippen molar-refractivity contribution in [2.75, 3.05) is 0 Å². The minimum absolute atomic E-state index is 0.233. The fourth-order valence-electron chi connectivity index (χ4n) is 1.40. The summed E-state index contributed by atoms with van der Waals surface area (Å²) in [5.41, 5.74) is 0.125. The molecule has 84 valence electrons. The van der Waals surface area contributed by atoms with Crippen molar-refractivity contribution in [3.8, 4) is 0 Å². The molecule has 0 aliphatic heterocycles. The van der Waals surface area contributed by atoms with E-state index in [1.807, 2.05) is 12.3 Å². The van der Waals surface area contributed by atoms with Crippen LogP contribution in [0.15, 0.2) is 27.2 Å². The topological polar surface area (TPSA) is 56.9 Å². The van der Waals surface area contributed by atoms with Crippen LogP contribution in [-0.4, -0.2) is 14.1 Å². The zero-order chi connectivity index (χ0) is 11.7. The molecule has 2 heterocycles. The second-order valence-electron chi connectivity index (χ2n) is 3.49. The lowest BCUT2D eigenvalue weighted by Crippen LogP contribution is -2.38. The van der Waals surface area contributed by atoms with Gasteiger partial charge < -0.3 is 4.57 Å². The molecular formula is C10H11N3O2S. The summed E-state index contributed by atoms with van der Waals surface area (Å²) in [5, 5.41) is 2.78. The molecule has 6 heteroatoms. The number of hydrogen-bond donors (Lipinski definition) is 0. The van der Waals surface area contributed by atoms with E-state index in [-0.39, 0.29) is 17.8 Å². The summed E-state index contributed by atoms with van der Waals surface area (Å²) >= 11 is 1.50. The Kier molecular flexibility index (Phi) is 2.74. The van der Waals surface area contributed by atoms with Crippen LogP contribution in [0.2, 0.25) is 0 Å². The molecule has 0 bridgehead atoms. The third-order valence-electron chi connectivity index (χ3n) is 2.23. The summed E-state index contributed by atoms with van der Waals surface area (Å²) < 4.78 is 2.55. The van der Waals surface area contributed by atoms with Crippen molar-refractivity contribution in [2.24, 2.45) is 7.05 Å². The van der Waals surface area contributed by atoms with Gasteiger partial charge in [0.15, 0.2) is 0 Å². The molecular weight excluding hydrogens is 226 g/mol. The number of rotatable bonds is 2. The van der Waals surface area contributed by atoms with E-state index < -0.39 is 0 Å². The van der Waals surface area contributed by atoms with Gasteiger partial charge in [-0.25, -0.2) is 9.78 Å².